The van der Waals surface area contributed by atoms with E-state index in [0.29, 0.717) is 23.4 Å². The molecule has 0 amide bonds. The number of nitrogens with zero attached hydrogens (tertiary/aromatic N) is 5. The number of ether oxygens (including phenoxy) is 1. The van der Waals surface area contributed by atoms with Crippen LogP contribution in [0.25, 0.3) is 11.2 Å². The van der Waals surface area contributed by atoms with Gasteiger partial charge >= 0.3 is 0 Å². The van der Waals surface area contributed by atoms with E-state index in [-0.39, 0.29) is 0 Å². The fourth-order valence-corrected chi connectivity index (χ4v) is 2.85. The summed E-state index contributed by atoms with van der Waals surface area (Å²) in [5.74, 6) is 0.940. The zero-order chi connectivity index (χ0) is 14.1. The number of nitrogens with two attached hydrogens (primary N) is 1. The van der Waals surface area contributed by atoms with Gasteiger partial charge in [0, 0.05) is 12.6 Å². The van der Waals surface area contributed by atoms with Gasteiger partial charge in [0.05, 0.1) is 7.11 Å². The third-order valence-corrected chi connectivity index (χ3v) is 4.04. The highest BCUT2D eigenvalue weighted by Crippen LogP contribution is 2.25. The zero-order valence-electron chi connectivity index (χ0n) is 11.9. The van der Waals surface area contributed by atoms with E-state index in [4.69, 9.17) is 10.5 Å². The molecule has 0 aromatic carbocycles. The molecule has 1 unspecified atom stereocenters. The number of fused-ring (bicyclic) bond motifs is 1. The van der Waals surface area contributed by atoms with Crippen LogP contribution in [0.5, 0.6) is 5.88 Å². The van der Waals surface area contributed by atoms with E-state index in [1.807, 2.05) is 4.57 Å². The summed E-state index contributed by atoms with van der Waals surface area (Å²) in [5.41, 5.74) is 7.42. The number of imidazole rings is 1. The number of piperidine rings is 1. The number of hydrogen-bond acceptors (Lipinski definition) is 6. The molecule has 3 rings (SSSR count). The van der Waals surface area contributed by atoms with E-state index in [1.54, 1.807) is 7.11 Å². The van der Waals surface area contributed by atoms with Crippen LogP contribution in [-0.4, -0.2) is 51.2 Å². The number of rotatable bonds is 3. The lowest BCUT2D eigenvalue weighted by Crippen LogP contribution is -2.39. The highest BCUT2D eigenvalue weighted by Gasteiger charge is 2.22. The van der Waals surface area contributed by atoms with Crippen molar-refractivity contribution in [2.45, 2.75) is 31.8 Å². The standard InChI is InChI=1S/C13H20N6O/c1-18-6-4-3-5-9(18)7-19-11-10(17-13(19)14)12(20-2)16-8-15-11/h8-9H,3-7H2,1-2H3,(H2,14,17). The van der Waals surface area contributed by atoms with Gasteiger partial charge in [0.2, 0.25) is 11.8 Å². The van der Waals surface area contributed by atoms with Gasteiger partial charge in [-0.05, 0) is 26.4 Å². The Balaban J connectivity index is 1.96. The molecule has 0 saturated carbocycles. The largest absolute Gasteiger partial charge is 0.479 e. The van der Waals surface area contributed by atoms with Gasteiger partial charge in [-0.25, -0.2) is 9.97 Å². The van der Waals surface area contributed by atoms with Crippen molar-refractivity contribution in [3.63, 3.8) is 0 Å². The molecule has 1 aliphatic heterocycles. The Bertz CT molecular complexity index is 610. The summed E-state index contributed by atoms with van der Waals surface area (Å²) >= 11 is 0. The number of hydrogen-bond donors (Lipinski definition) is 1. The minimum Gasteiger partial charge on any atom is -0.479 e. The summed E-state index contributed by atoms with van der Waals surface area (Å²) in [6, 6.07) is 0.476. The van der Waals surface area contributed by atoms with Crippen molar-refractivity contribution in [2.24, 2.45) is 0 Å². The molecular weight excluding hydrogens is 256 g/mol. The first-order valence-corrected chi connectivity index (χ1v) is 6.91. The first-order valence-electron chi connectivity index (χ1n) is 6.91. The van der Waals surface area contributed by atoms with Crippen molar-refractivity contribution in [2.75, 3.05) is 26.4 Å². The molecule has 20 heavy (non-hydrogen) atoms. The lowest BCUT2D eigenvalue weighted by Gasteiger charge is -2.32. The molecule has 0 radical (unpaired) electrons. The molecule has 7 nitrogen and oxygen atoms in total. The smallest absolute Gasteiger partial charge is 0.245 e. The number of nitrogen functional groups attached to an aromatic ring is 1. The van der Waals surface area contributed by atoms with Gasteiger partial charge in [-0.1, -0.05) is 6.42 Å². The fourth-order valence-electron chi connectivity index (χ4n) is 2.85. The van der Waals surface area contributed by atoms with Gasteiger partial charge in [0.25, 0.3) is 0 Å². The maximum absolute atomic E-state index is 6.05. The molecule has 0 aliphatic carbocycles. The third-order valence-electron chi connectivity index (χ3n) is 4.04. The molecule has 0 spiro atoms. The molecular formula is C13H20N6O. The van der Waals surface area contributed by atoms with Crippen LogP contribution < -0.4 is 10.5 Å². The molecule has 1 atom stereocenters. The lowest BCUT2D eigenvalue weighted by atomic mass is 10.0. The Morgan fingerprint density at radius 2 is 2.25 bits per heavy atom. The predicted molar refractivity (Wildman–Crippen MR) is 76.6 cm³/mol. The van der Waals surface area contributed by atoms with E-state index in [2.05, 4.69) is 26.9 Å². The summed E-state index contributed by atoms with van der Waals surface area (Å²) in [6.07, 6.45) is 5.20. The van der Waals surface area contributed by atoms with Gasteiger partial charge in [0.1, 0.15) is 6.33 Å². The summed E-state index contributed by atoms with van der Waals surface area (Å²) < 4.78 is 7.18. The van der Waals surface area contributed by atoms with Gasteiger partial charge in [0.15, 0.2) is 11.2 Å². The number of likely N-dealkylation sites (tertiary alicyclic amines) is 1. The van der Waals surface area contributed by atoms with Crippen LogP contribution in [0, 0.1) is 0 Å². The monoisotopic (exact) mass is 276 g/mol. The molecule has 108 valence electrons. The van der Waals surface area contributed by atoms with Crippen molar-refractivity contribution in [3.8, 4) is 5.88 Å². The molecule has 2 aromatic heterocycles. The van der Waals surface area contributed by atoms with E-state index < -0.39 is 0 Å². The van der Waals surface area contributed by atoms with Gasteiger partial charge in [-0.3, -0.25) is 4.57 Å². The molecule has 2 aromatic rings. The summed E-state index contributed by atoms with van der Waals surface area (Å²) in [5, 5.41) is 0. The minimum atomic E-state index is 0.470. The Kier molecular flexibility index (Phi) is 3.43. The maximum Gasteiger partial charge on any atom is 0.245 e. The van der Waals surface area contributed by atoms with Crippen molar-refractivity contribution < 1.29 is 4.74 Å². The topological polar surface area (TPSA) is 82.1 Å². The van der Waals surface area contributed by atoms with Crippen LogP contribution in [0.4, 0.5) is 5.95 Å². The Morgan fingerprint density at radius 1 is 1.40 bits per heavy atom. The van der Waals surface area contributed by atoms with Crippen molar-refractivity contribution in [1.82, 2.24) is 24.4 Å². The van der Waals surface area contributed by atoms with Crippen LogP contribution in [-0.2, 0) is 6.54 Å². The lowest BCUT2D eigenvalue weighted by molar-refractivity contribution is 0.169. The van der Waals surface area contributed by atoms with Crippen LogP contribution >= 0.6 is 0 Å². The zero-order valence-corrected chi connectivity index (χ0v) is 11.9. The maximum atomic E-state index is 6.05. The van der Waals surface area contributed by atoms with Crippen molar-refractivity contribution >= 4 is 17.1 Å². The van der Waals surface area contributed by atoms with E-state index >= 15 is 0 Å². The second-order valence-corrected chi connectivity index (χ2v) is 5.27. The van der Waals surface area contributed by atoms with Crippen molar-refractivity contribution in [3.05, 3.63) is 6.33 Å². The Hall–Kier alpha value is -1.89. The van der Waals surface area contributed by atoms with Crippen molar-refractivity contribution in [1.29, 1.82) is 0 Å². The minimum absolute atomic E-state index is 0.470. The molecule has 3 heterocycles. The molecule has 2 N–H and O–H groups in total. The number of aromatic nitrogens is 4. The average molecular weight is 276 g/mol. The first-order chi connectivity index (χ1) is 9.70. The molecule has 1 fully saturated rings. The van der Waals surface area contributed by atoms with Crippen LogP contribution in [0.15, 0.2) is 6.33 Å². The van der Waals surface area contributed by atoms with Gasteiger partial charge in [-0.15, -0.1) is 0 Å². The summed E-state index contributed by atoms with van der Waals surface area (Å²) in [4.78, 5) is 15.1. The molecule has 7 heteroatoms. The van der Waals surface area contributed by atoms with Crippen LogP contribution in [0.2, 0.25) is 0 Å². The summed E-state index contributed by atoms with van der Waals surface area (Å²) in [7, 11) is 3.74. The fraction of sp³-hybridized carbons (Fsp3) is 0.615. The van der Waals surface area contributed by atoms with E-state index in [0.717, 1.165) is 18.7 Å². The molecule has 0 bridgehead atoms. The van der Waals surface area contributed by atoms with Crippen LogP contribution in [0.3, 0.4) is 0 Å². The predicted octanol–water partition coefficient (Wildman–Crippen LogP) is 0.901. The summed E-state index contributed by atoms with van der Waals surface area (Å²) in [6.45, 7) is 1.94. The van der Waals surface area contributed by atoms with Crippen LogP contribution in [0.1, 0.15) is 19.3 Å². The highest BCUT2D eigenvalue weighted by atomic mass is 16.5. The Morgan fingerprint density at radius 3 is 3.00 bits per heavy atom. The SMILES string of the molecule is COc1ncnc2c1nc(N)n2CC1CCCCN1C. The molecule has 1 aliphatic rings. The van der Waals surface area contributed by atoms with Gasteiger partial charge in [-0.2, -0.15) is 4.98 Å². The number of methoxy groups -OCH3 is 1. The van der Waals surface area contributed by atoms with E-state index in [1.165, 1.54) is 25.6 Å². The highest BCUT2D eigenvalue weighted by molar-refractivity contribution is 5.78. The van der Waals surface area contributed by atoms with Gasteiger partial charge < -0.3 is 15.4 Å². The number of anilines is 1. The Labute approximate surface area is 117 Å². The normalized spacial score (nSPS) is 20.4. The first kappa shape index (κ1) is 13.1. The average Bonchev–Trinajstić information content (AvgIpc) is 2.77. The second-order valence-electron chi connectivity index (χ2n) is 5.27. The quantitative estimate of drug-likeness (QED) is 0.897. The third kappa shape index (κ3) is 2.18. The van der Waals surface area contributed by atoms with E-state index in [9.17, 15) is 0 Å². The molecule has 1 saturated heterocycles. The second kappa shape index (κ2) is 5.24. The number of likely N-dealkylation sites (N-methyl/N-ethyl adjacent to an activating group) is 1.